The molecule has 0 saturated heterocycles. The molecule has 0 aromatic rings. The largest absolute Gasteiger partial charge is 0.343 e. The van der Waals surface area contributed by atoms with Crippen LogP contribution in [-0.4, -0.2) is 23.9 Å². The summed E-state index contributed by atoms with van der Waals surface area (Å²) in [5.74, 6) is 0.370. The highest BCUT2D eigenvalue weighted by Crippen LogP contribution is 2.09. The molecule has 2 nitrogen and oxygen atoms in total. The van der Waals surface area contributed by atoms with E-state index in [2.05, 4.69) is 20.8 Å². The molecule has 0 aliphatic heterocycles. The van der Waals surface area contributed by atoms with E-state index in [1.54, 1.807) is 0 Å². The zero-order valence-electron chi connectivity index (χ0n) is 13.5. The molecule has 0 rings (SSSR count). The summed E-state index contributed by atoms with van der Waals surface area (Å²) in [5, 5.41) is 0. The molecule has 0 aromatic carbocycles. The average molecular weight is 269 g/mol. The number of hydrogen-bond acceptors (Lipinski definition) is 1. The number of rotatable bonds is 13. The van der Waals surface area contributed by atoms with Gasteiger partial charge in [0.15, 0.2) is 0 Å². The Kier molecular flexibility index (Phi) is 13.5. The first kappa shape index (κ1) is 18.5. The van der Waals surface area contributed by atoms with Crippen LogP contribution in [-0.2, 0) is 4.79 Å². The van der Waals surface area contributed by atoms with Gasteiger partial charge in [0.25, 0.3) is 0 Å². The van der Waals surface area contributed by atoms with E-state index in [1.165, 1.54) is 57.8 Å². The van der Waals surface area contributed by atoms with E-state index in [1.807, 2.05) is 4.90 Å². The van der Waals surface area contributed by atoms with Crippen molar-refractivity contribution in [1.29, 1.82) is 0 Å². The fourth-order valence-electron chi connectivity index (χ4n) is 2.40. The van der Waals surface area contributed by atoms with Gasteiger partial charge in [-0.15, -0.1) is 0 Å². The van der Waals surface area contributed by atoms with Crippen molar-refractivity contribution >= 4 is 5.91 Å². The van der Waals surface area contributed by atoms with Gasteiger partial charge in [0.2, 0.25) is 5.91 Å². The van der Waals surface area contributed by atoms with Crippen molar-refractivity contribution in [1.82, 2.24) is 4.90 Å². The molecule has 0 radical (unpaired) electrons. The molecule has 2 heteroatoms. The number of hydrogen-bond donors (Lipinski definition) is 0. The smallest absolute Gasteiger partial charge is 0.222 e. The second-order valence-corrected chi connectivity index (χ2v) is 5.55. The van der Waals surface area contributed by atoms with Gasteiger partial charge >= 0.3 is 0 Å². The molecule has 0 saturated carbocycles. The third-order valence-corrected chi connectivity index (χ3v) is 3.76. The highest BCUT2D eigenvalue weighted by Gasteiger charge is 2.10. The molecule has 0 unspecified atom stereocenters. The lowest BCUT2D eigenvalue weighted by molar-refractivity contribution is -0.131. The predicted octanol–water partition coefficient (Wildman–Crippen LogP) is 5.17. The molecule has 0 N–H and O–H groups in total. The first-order valence-corrected chi connectivity index (χ1v) is 8.54. The standard InChI is InChI=1S/C17H35NO/c1-4-7-9-11-12-13-15-17(19)18(6-3)16-14-10-8-5-2/h4-16H2,1-3H3. The van der Waals surface area contributed by atoms with E-state index in [0.717, 1.165) is 25.9 Å². The van der Waals surface area contributed by atoms with E-state index in [4.69, 9.17) is 0 Å². The summed E-state index contributed by atoms with van der Waals surface area (Å²) in [5.41, 5.74) is 0. The van der Waals surface area contributed by atoms with Crippen molar-refractivity contribution in [2.24, 2.45) is 0 Å². The quantitative estimate of drug-likeness (QED) is 0.423. The lowest BCUT2D eigenvalue weighted by Crippen LogP contribution is -2.31. The molecule has 0 aliphatic carbocycles. The summed E-state index contributed by atoms with van der Waals surface area (Å²) in [6.45, 7) is 8.40. The lowest BCUT2D eigenvalue weighted by atomic mass is 10.1. The van der Waals surface area contributed by atoms with Gasteiger partial charge in [-0.25, -0.2) is 0 Å². The third-order valence-electron chi connectivity index (χ3n) is 3.76. The van der Waals surface area contributed by atoms with Crippen LogP contribution in [0.2, 0.25) is 0 Å². The summed E-state index contributed by atoms with van der Waals surface area (Å²) in [6, 6.07) is 0. The Hall–Kier alpha value is -0.530. The van der Waals surface area contributed by atoms with Crippen LogP contribution in [0.15, 0.2) is 0 Å². The molecule has 0 spiro atoms. The summed E-state index contributed by atoms with van der Waals surface area (Å²) >= 11 is 0. The normalized spacial score (nSPS) is 10.7. The van der Waals surface area contributed by atoms with E-state index >= 15 is 0 Å². The minimum absolute atomic E-state index is 0.370. The van der Waals surface area contributed by atoms with Crippen LogP contribution in [0, 0.1) is 0 Å². The summed E-state index contributed by atoms with van der Waals surface area (Å²) in [4.78, 5) is 14.1. The molecular formula is C17H35NO. The monoisotopic (exact) mass is 269 g/mol. The van der Waals surface area contributed by atoms with Crippen LogP contribution in [0.25, 0.3) is 0 Å². The lowest BCUT2D eigenvalue weighted by Gasteiger charge is -2.20. The number of carbonyl (C=O) groups excluding carboxylic acids is 1. The minimum Gasteiger partial charge on any atom is -0.343 e. The van der Waals surface area contributed by atoms with Gasteiger partial charge in [0.1, 0.15) is 0 Å². The number of unbranched alkanes of at least 4 members (excludes halogenated alkanes) is 8. The Morgan fingerprint density at radius 2 is 1.26 bits per heavy atom. The molecule has 0 bridgehead atoms. The van der Waals surface area contributed by atoms with Gasteiger partial charge in [-0.1, -0.05) is 65.2 Å². The molecule has 0 fully saturated rings. The Bertz CT molecular complexity index is 203. The van der Waals surface area contributed by atoms with Gasteiger partial charge in [0.05, 0.1) is 0 Å². The molecular weight excluding hydrogens is 234 g/mol. The first-order chi connectivity index (χ1) is 9.26. The topological polar surface area (TPSA) is 20.3 Å². The van der Waals surface area contributed by atoms with Crippen LogP contribution in [0.3, 0.4) is 0 Å². The molecule has 114 valence electrons. The molecule has 0 aliphatic rings. The van der Waals surface area contributed by atoms with Gasteiger partial charge in [-0.05, 0) is 19.8 Å². The maximum Gasteiger partial charge on any atom is 0.222 e. The van der Waals surface area contributed by atoms with Gasteiger partial charge < -0.3 is 4.90 Å². The van der Waals surface area contributed by atoms with Crippen LogP contribution < -0.4 is 0 Å². The summed E-state index contributed by atoms with van der Waals surface area (Å²) in [7, 11) is 0. The SMILES string of the molecule is CCCCCCCCC(=O)N(CC)CCCCCC. The second kappa shape index (κ2) is 13.9. The van der Waals surface area contributed by atoms with Crippen molar-refractivity contribution in [3.8, 4) is 0 Å². The van der Waals surface area contributed by atoms with Gasteiger partial charge in [-0.3, -0.25) is 4.79 Å². The van der Waals surface area contributed by atoms with Crippen molar-refractivity contribution < 1.29 is 4.79 Å². The van der Waals surface area contributed by atoms with Crippen molar-refractivity contribution in [3.05, 3.63) is 0 Å². The van der Waals surface area contributed by atoms with Crippen molar-refractivity contribution in [2.45, 2.75) is 91.4 Å². The van der Waals surface area contributed by atoms with Crippen LogP contribution in [0.4, 0.5) is 0 Å². The van der Waals surface area contributed by atoms with Crippen LogP contribution in [0.5, 0.6) is 0 Å². The van der Waals surface area contributed by atoms with E-state index < -0.39 is 0 Å². The van der Waals surface area contributed by atoms with Gasteiger partial charge in [0, 0.05) is 19.5 Å². The molecule has 19 heavy (non-hydrogen) atoms. The fraction of sp³-hybridized carbons (Fsp3) is 0.941. The third kappa shape index (κ3) is 11.0. The fourth-order valence-corrected chi connectivity index (χ4v) is 2.40. The van der Waals surface area contributed by atoms with E-state index in [0.29, 0.717) is 5.91 Å². The van der Waals surface area contributed by atoms with Crippen molar-refractivity contribution in [3.63, 3.8) is 0 Å². The van der Waals surface area contributed by atoms with Crippen LogP contribution >= 0.6 is 0 Å². The van der Waals surface area contributed by atoms with E-state index in [-0.39, 0.29) is 0 Å². The second-order valence-electron chi connectivity index (χ2n) is 5.55. The van der Waals surface area contributed by atoms with Gasteiger partial charge in [-0.2, -0.15) is 0 Å². The highest BCUT2D eigenvalue weighted by molar-refractivity contribution is 5.76. The Morgan fingerprint density at radius 1 is 0.737 bits per heavy atom. The maximum atomic E-state index is 12.1. The Labute approximate surface area is 120 Å². The zero-order valence-corrected chi connectivity index (χ0v) is 13.5. The highest BCUT2D eigenvalue weighted by atomic mass is 16.2. The maximum absolute atomic E-state index is 12.1. The molecule has 0 atom stereocenters. The minimum atomic E-state index is 0.370. The first-order valence-electron chi connectivity index (χ1n) is 8.54. The Morgan fingerprint density at radius 3 is 1.84 bits per heavy atom. The molecule has 1 amide bonds. The number of carbonyl (C=O) groups is 1. The average Bonchev–Trinajstić information content (AvgIpc) is 2.42. The summed E-state index contributed by atoms with van der Waals surface area (Å²) in [6.07, 6.45) is 13.3. The predicted molar refractivity (Wildman–Crippen MR) is 84.4 cm³/mol. The van der Waals surface area contributed by atoms with Crippen LogP contribution in [0.1, 0.15) is 91.4 Å². The number of amides is 1. The molecule has 0 aromatic heterocycles. The number of nitrogens with zero attached hydrogens (tertiary/aromatic N) is 1. The zero-order chi connectivity index (χ0) is 14.3. The van der Waals surface area contributed by atoms with Crippen molar-refractivity contribution in [2.75, 3.05) is 13.1 Å². The molecule has 0 heterocycles. The Balaban J connectivity index is 3.58. The van der Waals surface area contributed by atoms with E-state index in [9.17, 15) is 4.79 Å². The summed E-state index contributed by atoms with van der Waals surface area (Å²) < 4.78 is 0.